The van der Waals surface area contributed by atoms with Gasteiger partial charge in [0.25, 0.3) is 0 Å². The van der Waals surface area contributed by atoms with Crippen molar-refractivity contribution in [2.75, 3.05) is 6.61 Å². The van der Waals surface area contributed by atoms with Crippen LogP contribution in [0.2, 0.25) is 0 Å². The molecule has 0 unspecified atom stereocenters. The minimum atomic E-state index is -0.585. The smallest absolute Gasteiger partial charge is 0.338 e. The van der Waals surface area contributed by atoms with Crippen molar-refractivity contribution < 1.29 is 19.0 Å². The minimum absolute atomic E-state index is 0.161. The Bertz CT molecular complexity index is 1050. The summed E-state index contributed by atoms with van der Waals surface area (Å²) in [5.41, 5.74) is 4.49. The van der Waals surface area contributed by atoms with Crippen LogP contribution in [0.3, 0.4) is 0 Å². The van der Waals surface area contributed by atoms with Crippen molar-refractivity contribution >= 4 is 5.97 Å². The molecule has 0 atom stereocenters. The van der Waals surface area contributed by atoms with Gasteiger partial charge in [0.1, 0.15) is 11.6 Å². The fourth-order valence-corrected chi connectivity index (χ4v) is 3.49. The molecule has 0 fully saturated rings. The number of aliphatic hydroxyl groups is 1. The number of carbonyl (C=O) groups excluding carboxylic acids is 1. The molecule has 0 spiro atoms. The highest BCUT2D eigenvalue weighted by Gasteiger charge is 2.11. The van der Waals surface area contributed by atoms with Crippen LogP contribution in [0.4, 0.5) is 4.39 Å². The summed E-state index contributed by atoms with van der Waals surface area (Å²) in [5.74, 6) is -0.553. The lowest BCUT2D eigenvalue weighted by Gasteiger charge is -2.09. The summed E-state index contributed by atoms with van der Waals surface area (Å²) in [6.07, 6.45) is 4.86. The molecule has 0 aliphatic rings. The molecule has 0 bridgehead atoms. The van der Waals surface area contributed by atoms with Crippen molar-refractivity contribution in [3.8, 4) is 28.0 Å². The molecule has 0 saturated carbocycles. The van der Waals surface area contributed by atoms with E-state index in [0.717, 1.165) is 17.5 Å². The largest absolute Gasteiger partial charge is 0.423 e. The number of esters is 1. The van der Waals surface area contributed by atoms with Crippen LogP contribution >= 0.6 is 0 Å². The number of halogens is 1. The third-order valence-electron chi connectivity index (χ3n) is 5.40. The molecular formula is C28H29FO3. The molecule has 0 radical (unpaired) electrons. The predicted molar refractivity (Wildman–Crippen MR) is 127 cm³/mol. The normalized spacial score (nSPS) is 10.7. The number of hydrogen-bond donors (Lipinski definition) is 1. The van der Waals surface area contributed by atoms with Gasteiger partial charge in [-0.1, -0.05) is 74.9 Å². The van der Waals surface area contributed by atoms with E-state index < -0.39 is 5.97 Å². The number of rotatable bonds is 10. The highest BCUT2D eigenvalue weighted by atomic mass is 19.1. The standard InChI is InChI=1S/C28H29FO3/c1-3-4-5-6-21-7-9-22(10-8-21)24-13-16-26(27(29)19-24)23-11-14-25(15-12-23)32-28(31)20(2)17-18-30/h7-16,19,30H,2-6,17-18H2,1H3. The first-order valence-electron chi connectivity index (χ1n) is 11.0. The quantitative estimate of drug-likeness (QED) is 0.167. The third-order valence-corrected chi connectivity index (χ3v) is 5.40. The molecule has 3 nitrogen and oxygen atoms in total. The van der Waals surface area contributed by atoms with Crippen molar-refractivity contribution in [3.63, 3.8) is 0 Å². The number of aliphatic hydroxyl groups excluding tert-OH is 1. The van der Waals surface area contributed by atoms with Crippen LogP contribution in [0.15, 0.2) is 78.9 Å². The summed E-state index contributed by atoms with van der Waals surface area (Å²) in [6, 6.07) is 20.2. The highest BCUT2D eigenvalue weighted by Crippen LogP contribution is 2.29. The van der Waals surface area contributed by atoms with Gasteiger partial charge in [0.2, 0.25) is 0 Å². The Morgan fingerprint density at radius 2 is 1.59 bits per heavy atom. The van der Waals surface area contributed by atoms with Crippen LogP contribution in [-0.4, -0.2) is 17.7 Å². The maximum Gasteiger partial charge on any atom is 0.338 e. The van der Waals surface area contributed by atoms with Crippen LogP contribution in [0.25, 0.3) is 22.3 Å². The second kappa shape index (κ2) is 11.4. The topological polar surface area (TPSA) is 46.5 Å². The van der Waals surface area contributed by atoms with Gasteiger partial charge in [0.15, 0.2) is 0 Å². The Hall–Kier alpha value is -3.24. The summed E-state index contributed by atoms with van der Waals surface area (Å²) >= 11 is 0. The molecule has 166 valence electrons. The van der Waals surface area contributed by atoms with Gasteiger partial charge in [-0.25, -0.2) is 9.18 Å². The zero-order chi connectivity index (χ0) is 22.9. The summed E-state index contributed by atoms with van der Waals surface area (Å²) in [6.45, 7) is 5.62. The van der Waals surface area contributed by atoms with E-state index in [1.807, 2.05) is 18.2 Å². The maximum atomic E-state index is 14.9. The van der Waals surface area contributed by atoms with Crippen LogP contribution in [0, 0.1) is 5.82 Å². The Kier molecular flexibility index (Phi) is 8.34. The SMILES string of the molecule is C=C(CCO)C(=O)Oc1ccc(-c2ccc(-c3ccc(CCCCC)cc3)cc2F)cc1. The zero-order valence-electron chi connectivity index (χ0n) is 18.4. The van der Waals surface area contributed by atoms with Crippen molar-refractivity contribution in [2.45, 2.75) is 39.0 Å². The number of ether oxygens (including phenoxy) is 1. The van der Waals surface area contributed by atoms with E-state index >= 15 is 0 Å². The van der Waals surface area contributed by atoms with E-state index in [2.05, 4.69) is 25.6 Å². The minimum Gasteiger partial charge on any atom is -0.423 e. The Morgan fingerprint density at radius 1 is 0.938 bits per heavy atom. The van der Waals surface area contributed by atoms with E-state index in [0.29, 0.717) is 16.9 Å². The first-order valence-corrected chi connectivity index (χ1v) is 11.0. The summed E-state index contributed by atoms with van der Waals surface area (Å²) in [4.78, 5) is 11.9. The van der Waals surface area contributed by atoms with Gasteiger partial charge in [-0.15, -0.1) is 0 Å². The molecule has 0 saturated heterocycles. The van der Waals surface area contributed by atoms with Crippen LogP contribution in [-0.2, 0) is 11.2 Å². The van der Waals surface area contributed by atoms with Crippen molar-refractivity contribution in [1.82, 2.24) is 0 Å². The van der Waals surface area contributed by atoms with Crippen LogP contribution < -0.4 is 4.74 Å². The number of carbonyl (C=O) groups is 1. The average Bonchev–Trinajstić information content (AvgIpc) is 2.80. The zero-order valence-corrected chi connectivity index (χ0v) is 18.4. The molecule has 32 heavy (non-hydrogen) atoms. The number of aryl methyl sites for hydroxylation is 1. The average molecular weight is 433 g/mol. The van der Waals surface area contributed by atoms with E-state index in [9.17, 15) is 9.18 Å². The Morgan fingerprint density at radius 3 is 2.22 bits per heavy atom. The lowest BCUT2D eigenvalue weighted by atomic mass is 9.98. The van der Waals surface area contributed by atoms with Gasteiger partial charge in [-0.3, -0.25) is 0 Å². The van der Waals surface area contributed by atoms with Gasteiger partial charge in [0.05, 0.1) is 0 Å². The number of hydrogen-bond acceptors (Lipinski definition) is 3. The maximum absolute atomic E-state index is 14.9. The third kappa shape index (κ3) is 6.14. The van der Waals surface area contributed by atoms with Gasteiger partial charge >= 0.3 is 5.97 Å². The van der Waals surface area contributed by atoms with Gasteiger partial charge < -0.3 is 9.84 Å². The van der Waals surface area contributed by atoms with E-state index in [-0.39, 0.29) is 24.4 Å². The molecular weight excluding hydrogens is 403 g/mol. The second-order valence-corrected chi connectivity index (χ2v) is 7.84. The first kappa shape index (κ1) is 23.4. The van der Waals surface area contributed by atoms with Gasteiger partial charge in [0, 0.05) is 24.2 Å². The molecule has 0 aromatic heterocycles. The van der Waals surface area contributed by atoms with Gasteiger partial charge in [-0.05, 0) is 53.3 Å². The highest BCUT2D eigenvalue weighted by molar-refractivity contribution is 5.89. The lowest BCUT2D eigenvalue weighted by molar-refractivity contribution is -0.130. The number of unbranched alkanes of at least 4 members (excludes halogenated alkanes) is 2. The molecule has 3 rings (SSSR count). The predicted octanol–water partition coefficient (Wildman–Crippen LogP) is 6.74. The van der Waals surface area contributed by atoms with Crippen LogP contribution in [0.5, 0.6) is 5.75 Å². The van der Waals surface area contributed by atoms with E-state index in [1.54, 1.807) is 36.4 Å². The fraction of sp³-hybridized carbons (Fsp3) is 0.250. The monoisotopic (exact) mass is 432 g/mol. The Labute approximate surface area is 189 Å². The molecule has 3 aromatic rings. The molecule has 3 aromatic carbocycles. The summed E-state index contributed by atoms with van der Waals surface area (Å²) in [7, 11) is 0. The molecule has 4 heteroatoms. The lowest BCUT2D eigenvalue weighted by Crippen LogP contribution is -2.11. The molecule has 0 aliphatic carbocycles. The Balaban J connectivity index is 1.69. The molecule has 0 heterocycles. The van der Waals surface area contributed by atoms with Crippen molar-refractivity contribution in [3.05, 3.63) is 90.3 Å². The van der Waals surface area contributed by atoms with Crippen molar-refractivity contribution in [2.24, 2.45) is 0 Å². The van der Waals surface area contributed by atoms with E-state index in [4.69, 9.17) is 9.84 Å². The van der Waals surface area contributed by atoms with E-state index in [1.165, 1.54) is 24.8 Å². The molecule has 0 amide bonds. The first-order chi connectivity index (χ1) is 15.5. The van der Waals surface area contributed by atoms with Crippen molar-refractivity contribution in [1.29, 1.82) is 0 Å². The molecule has 0 aliphatic heterocycles. The molecule has 1 N–H and O–H groups in total. The summed E-state index contributed by atoms with van der Waals surface area (Å²) in [5, 5.41) is 8.88. The van der Waals surface area contributed by atoms with Gasteiger partial charge in [-0.2, -0.15) is 0 Å². The fourth-order valence-electron chi connectivity index (χ4n) is 3.49. The summed E-state index contributed by atoms with van der Waals surface area (Å²) < 4.78 is 20.1. The van der Waals surface area contributed by atoms with Crippen LogP contribution in [0.1, 0.15) is 38.2 Å². The number of benzene rings is 3. The second-order valence-electron chi connectivity index (χ2n) is 7.84.